The molecule has 0 heterocycles. The van der Waals surface area contributed by atoms with Gasteiger partial charge in [0.2, 0.25) is 0 Å². The molecule has 27 heavy (non-hydrogen) atoms. The molecule has 2 rings (SSSR count). The van der Waals surface area contributed by atoms with Crippen molar-refractivity contribution in [1.29, 1.82) is 0 Å². The second-order valence-electron chi connectivity index (χ2n) is 5.38. The van der Waals surface area contributed by atoms with Gasteiger partial charge in [0, 0.05) is 6.07 Å². The monoisotopic (exact) mass is 374 g/mol. The van der Waals surface area contributed by atoms with Gasteiger partial charge in [-0.1, -0.05) is 12.1 Å². The quantitative estimate of drug-likeness (QED) is 0.450. The number of carbonyl (C=O) groups is 2. The number of carbonyl (C=O) groups excluding carboxylic acids is 2. The average molecular weight is 374 g/mol. The predicted octanol–water partition coefficient (Wildman–Crippen LogP) is 2.80. The average Bonchev–Trinajstić information content (AvgIpc) is 2.67. The molecule has 0 aliphatic heterocycles. The standard InChI is InChI=1S/C18H18N2O7/c1-11(17(21)19-13-6-4-5-7-14(13)20(23)24)27-18(22)12-8-9-15(25-2)16(10-12)26-3/h4-11H,1-3H3,(H,19,21)/t11-/m1/s1. The van der Waals surface area contributed by atoms with E-state index in [9.17, 15) is 19.7 Å². The predicted molar refractivity (Wildman–Crippen MR) is 96.1 cm³/mol. The van der Waals surface area contributed by atoms with Crippen molar-refractivity contribution in [3.63, 3.8) is 0 Å². The highest BCUT2D eigenvalue weighted by molar-refractivity contribution is 5.98. The topological polar surface area (TPSA) is 117 Å². The van der Waals surface area contributed by atoms with Crippen molar-refractivity contribution in [2.45, 2.75) is 13.0 Å². The van der Waals surface area contributed by atoms with Crippen molar-refractivity contribution < 1.29 is 28.7 Å². The van der Waals surface area contributed by atoms with Crippen LogP contribution in [0.3, 0.4) is 0 Å². The zero-order valence-electron chi connectivity index (χ0n) is 14.9. The molecule has 0 radical (unpaired) electrons. The van der Waals surface area contributed by atoms with E-state index in [1.54, 1.807) is 6.07 Å². The van der Waals surface area contributed by atoms with Crippen LogP contribution in [0.15, 0.2) is 42.5 Å². The highest BCUT2D eigenvalue weighted by Crippen LogP contribution is 2.28. The number of nitro groups is 1. The first-order chi connectivity index (χ1) is 12.9. The van der Waals surface area contributed by atoms with Crippen LogP contribution in [0.5, 0.6) is 11.5 Å². The van der Waals surface area contributed by atoms with E-state index in [0.29, 0.717) is 11.5 Å². The minimum atomic E-state index is -1.18. The van der Waals surface area contributed by atoms with Gasteiger partial charge in [0.05, 0.1) is 24.7 Å². The van der Waals surface area contributed by atoms with Gasteiger partial charge in [0.1, 0.15) is 5.69 Å². The molecule has 1 amide bonds. The number of ether oxygens (including phenoxy) is 3. The number of hydrogen-bond acceptors (Lipinski definition) is 7. The van der Waals surface area contributed by atoms with Gasteiger partial charge in [-0.15, -0.1) is 0 Å². The number of nitrogens with one attached hydrogen (secondary N) is 1. The van der Waals surface area contributed by atoms with E-state index in [4.69, 9.17) is 14.2 Å². The van der Waals surface area contributed by atoms with Gasteiger partial charge in [-0.3, -0.25) is 14.9 Å². The van der Waals surface area contributed by atoms with Crippen LogP contribution in [-0.2, 0) is 9.53 Å². The zero-order chi connectivity index (χ0) is 20.0. The Balaban J connectivity index is 2.08. The maximum atomic E-state index is 12.2. The summed E-state index contributed by atoms with van der Waals surface area (Å²) in [6.45, 7) is 1.36. The van der Waals surface area contributed by atoms with Crippen LogP contribution in [0.4, 0.5) is 11.4 Å². The Hall–Kier alpha value is -3.62. The highest BCUT2D eigenvalue weighted by atomic mass is 16.6. The Morgan fingerprint density at radius 2 is 1.74 bits per heavy atom. The Labute approximate surface area is 155 Å². The van der Waals surface area contributed by atoms with Crippen LogP contribution in [-0.4, -0.2) is 37.1 Å². The molecule has 0 spiro atoms. The van der Waals surface area contributed by atoms with E-state index in [1.165, 1.54) is 57.5 Å². The summed E-state index contributed by atoms with van der Waals surface area (Å²) in [6, 6.07) is 10.1. The lowest BCUT2D eigenvalue weighted by Crippen LogP contribution is -2.30. The van der Waals surface area contributed by atoms with Crippen LogP contribution < -0.4 is 14.8 Å². The fourth-order valence-electron chi connectivity index (χ4n) is 2.22. The lowest BCUT2D eigenvalue weighted by molar-refractivity contribution is -0.383. The lowest BCUT2D eigenvalue weighted by Gasteiger charge is -2.14. The second-order valence-corrected chi connectivity index (χ2v) is 5.38. The number of nitrogens with zero attached hydrogens (tertiary/aromatic N) is 1. The molecule has 0 saturated carbocycles. The zero-order valence-corrected chi connectivity index (χ0v) is 14.9. The molecular formula is C18H18N2O7. The summed E-state index contributed by atoms with van der Waals surface area (Å²) in [7, 11) is 2.89. The van der Waals surface area contributed by atoms with E-state index < -0.39 is 22.9 Å². The van der Waals surface area contributed by atoms with Gasteiger partial charge >= 0.3 is 5.97 Å². The lowest BCUT2D eigenvalue weighted by atomic mass is 10.2. The van der Waals surface area contributed by atoms with Crippen LogP contribution in [0.25, 0.3) is 0 Å². The summed E-state index contributed by atoms with van der Waals surface area (Å²) in [5.74, 6) is -0.667. The van der Waals surface area contributed by atoms with Gasteiger partial charge in [0.25, 0.3) is 11.6 Å². The van der Waals surface area contributed by atoms with Crippen LogP contribution in [0, 0.1) is 10.1 Å². The minimum Gasteiger partial charge on any atom is -0.493 e. The van der Waals surface area contributed by atoms with Crippen molar-refractivity contribution in [3.05, 3.63) is 58.1 Å². The van der Waals surface area contributed by atoms with Gasteiger partial charge < -0.3 is 19.5 Å². The van der Waals surface area contributed by atoms with Gasteiger partial charge in [-0.2, -0.15) is 0 Å². The molecule has 2 aromatic carbocycles. The van der Waals surface area contributed by atoms with Crippen molar-refractivity contribution in [3.8, 4) is 11.5 Å². The van der Waals surface area contributed by atoms with Crippen LogP contribution in [0.1, 0.15) is 17.3 Å². The molecule has 0 fully saturated rings. The SMILES string of the molecule is COc1ccc(C(=O)O[C@H](C)C(=O)Nc2ccccc2[N+](=O)[O-])cc1OC. The maximum absolute atomic E-state index is 12.2. The first-order valence-electron chi connectivity index (χ1n) is 7.84. The van der Waals surface area contributed by atoms with Gasteiger partial charge in [0.15, 0.2) is 17.6 Å². The van der Waals surface area contributed by atoms with E-state index in [2.05, 4.69) is 5.32 Å². The fourth-order valence-corrected chi connectivity index (χ4v) is 2.22. The summed E-state index contributed by atoms with van der Waals surface area (Å²) < 4.78 is 15.3. The number of rotatable bonds is 7. The number of esters is 1. The number of hydrogen-bond donors (Lipinski definition) is 1. The normalized spacial score (nSPS) is 11.2. The first kappa shape index (κ1) is 19.7. The molecule has 9 heteroatoms. The van der Waals surface area contributed by atoms with Gasteiger partial charge in [-0.05, 0) is 31.2 Å². The number of amides is 1. The third-order valence-electron chi connectivity index (χ3n) is 3.63. The first-order valence-corrected chi connectivity index (χ1v) is 7.84. The summed E-state index contributed by atoms with van der Waals surface area (Å²) in [6.07, 6.45) is -1.18. The number of methoxy groups -OCH3 is 2. The molecule has 0 unspecified atom stereocenters. The third-order valence-corrected chi connectivity index (χ3v) is 3.63. The fraction of sp³-hybridized carbons (Fsp3) is 0.222. The highest BCUT2D eigenvalue weighted by Gasteiger charge is 2.22. The Morgan fingerprint density at radius 3 is 2.37 bits per heavy atom. The Bertz CT molecular complexity index is 867. The number of para-hydroxylation sites is 2. The van der Waals surface area contributed by atoms with Crippen molar-refractivity contribution >= 4 is 23.3 Å². The minimum absolute atomic E-state index is 0.0153. The van der Waals surface area contributed by atoms with Gasteiger partial charge in [-0.25, -0.2) is 4.79 Å². The second kappa shape index (κ2) is 8.65. The van der Waals surface area contributed by atoms with E-state index in [0.717, 1.165) is 0 Å². The molecule has 2 aromatic rings. The largest absolute Gasteiger partial charge is 0.493 e. The molecule has 1 atom stereocenters. The molecular weight excluding hydrogens is 356 g/mol. The van der Waals surface area contributed by atoms with Crippen molar-refractivity contribution in [2.75, 3.05) is 19.5 Å². The summed E-state index contributed by atoms with van der Waals surface area (Å²) >= 11 is 0. The molecule has 1 N–H and O–H groups in total. The summed E-state index contributed by atoms with van der Waals surface area (Å²) in [5, 5.41) is 13.4. The summed E-state index contributed by atoms with van der Waals surface area (Å²) in [5.41, 5.74) is -0.0798. The molecule has 0 aliphatic rings. The van der Waals surface area contributed by atoms with E-state index in [1.807, 2.05) is 0 Å². The van der Waals surface area contributed by atoms with E-state index >= 15 is 0 Å². The number of nitro benzene ring substituents is 1. The maximum Gasteiger partial charge on any atom is 0.339 e. The van der Waals surface area contributed by atoms with Crippen molar-refractivity contribution in [2.24, 2.45) is 0 Å². The molecule has 0 aromatic heterocycles. The van der Waals surface area contributed by atoms with Crippen molar-refractivity contribution in [1.82, 2.24) is 0 Å². The number of anilines is 1. The van der Waals surface area contributed by atoms with Crippen LogP contribution >= 0.6 is 0 Å². The molecule has 9 nitrogen and oxygen atoms in total. The molecule has 0 bridgehead atoms. The Morgan fingerprint density at radius 1 is 1.07 bits per heavy atom. The Kier molecular flexibility index (Phi) is 6.32. The van der Waals surface area contributed by atoms with Crippen LogP contribution in [0.2, 0.25) is 0 Å². The molecule has 0 aliphatic carbocycles. The van der Waals surface area contributed by atoms with E-state index in [-0.39, 0.29) is 16.9 Å². The smallest absolute Gasteiger partial charge is 0.339 e. The molecule has 0 saturated heterocycles. The third kappa shape index (κ3) is 4.72. The molecule has 142 valence electrons. The summed E-state index contributed by atoms with van der Waals surface area (Å²) in [4.78, 5) is 34.9. The number of benzene rings is 2.